The summed E-state index contributed by atoms with van der Waals surface area (Å²) in [4.78, 5) is 51.9. The summed E-state index contributed by atoms with van der Waals surface area (Å²) in [6, 6.07) is 6.61. The molecule has 0 radical (unpaired) electrons. The van der Waals surface area contributed by atoms with Crippen LogP contribution in [0.25, 0.3) is 10.6 Å². The minimum atomic E-state index is -4.26. The van der Waals surface area contributed by atoms with E-state index >= 15 is 0 Å². The summed E-state index contributed by atoms with van der Waals surface area (Å²) in [5.41, 5.74) is -0.449. The fraction of sp³-hybridized carbons (Fsp3) is 0.263. The number of hydrogen-bond donors (Lipinski definition) is 1. The number of sulfonamides is 1. The summed E-state index contributed by atoms with van der Waals surface area (Å²) in [5.74, 6) is -1.38. The number of benzene rings is 1. The van der Waals surface area contributed by atoms with Crippen molar-refractivity contribution >= 4 is 44.8 Å². The quantitative estimate of drug-likeness (QED) is 0.491. The van der Waals surface area contributed by atoms with Gasteiger partial charge in [0.05, 0.1) is 6.54 Å². The smallest absolute Gasteiger partial charge is 0.328 e. The van der Waals surface area contributed by atoms with Gasteiger partial charge in [-0.3, -0.25) is 23.9 Å². The number of H-pyrrole nitrogens is 1. The Bertz CT molecular complexity index is 1490. The van der Waals surface area contributed by atoms with Crippen LogP contribution in [-0.2, 0) is 26.2 Å². The van der Waals surface area contributed by atoms with Crippen molar-refractivity contribution in [2.24, 2.45) is 0 Å². The highest BCUT2D eigenvalue weighted by Gasteiger charge is 2.37. The van der Waals surface area contributed by atoms with E-state index in [0.29, 0.717) is 19.9 Å². The third-order valence-electron chi connectivity index (χ3n) is 5.03. The number of hydrogen-bond acceptors (Lipinski definition) is 9. The second kappa shape index (κ2) is 9.12. The Kier molecular flexibility index (Phi) is 6.38. The second-order valence-electron chi connectivity index (χ2n) is 7.37. The molecule has 1 aliphatic heterocycles. The van der Waals surface area contributed by atoms with Crippen molar-refractivity contribution in [3.63, 3.8) is 0 Å². The van der Waals surface area contributed by atoms with Crippen LogP contribution in [0, 0.1) is 6.92 Å². The Morgan fingerprint density at radius 3 is 2.53 bits per heavy atom. The van der Waals surface area contributed by atoms with Gasteiger partial charge in [-0.2, -0.15) is 8.42 Å². The van der Waals surface area contributed by atoms with E-state index in [1.54, 1.807) is 24.3 Å². The first-order chi connectivity index (χ1) is 16.1. The molecule has 1 fully saturated rings. The predicted octanol–water partition coefficient (Wildman–Crippen LogP) is 0.0766. The monoisotopic (exact) mass is 524 g/mol. The molecule has 0 atom stereocenters. The third kappa shape index (κ3) is 4.64. The van der Waals surface area contributed by atoms with E-state index in [1.165, 1.54) is 13.1 Å². The first kappa shape index (κ1) is 23.8. The van der Waals surface area contributed by atoms with Crippen molar-refractivity contribution in [3.05, 3.63) is 61.9 Å². The Labute approximate surface area is 201 Å². The van der Waals surface area contributed by atoms with E-state index in [9.17, 15) is 27.6 Å². The van der Waals surface area contributed by atoms with Gasteiger partial charge in [0, 0.05) is 28.9 Å². The molecule has 1 saturated heterocycles. The number of carbonyl (C=O) groups is 2. The van der Waals surface area contributed by atoms with Crippen molar-refractivity contribution in [1.82, 2.24) is 29.0 Å². The van der Waals surface area contributed by atoms with Gasteiger partial charge in [-0.05, 0) is 19.1 Å². The molecule has 15 heteroatoms. The van der Waals surface area contributed by atoms with E-state index in [-0.39, 0.29) is 23.0 Å². The normalized spacial score (nSPS) is 14.5. The van der Waals surface area contributed by atoms with E-state index in [1.807, 2.05) is 0 Å². The largest absolute Gasteiger partial charge is 0.330 e. The highest BCUT2D eigenvalue weighted by atomic mass is 35.5. The number of rotatable bonds is 5. The lowest BCUT2D eigenvalue weighted by Gasteiger charge is -2.33. The molecule has 0 unspecified atom stereocenters. The molecule has 2 aromatic heterocycles. The van der Waals surface area contributed by atoms with Crippen molar-refractivity contribution in [2.45, 2.75) is 17.8 Å². The van der Waals surface area contributed by atoms with E-state index < -0.39 is 46.2 Å². The van der Waals surface area contributed by atoms with Crippen molar-refractivity contribution in [3.8, 4) is 10.6 Å². The molecule has 178 valence electrons. The maximum absolute atomic E-state index is 13.0. The minimum Gasteiger partial charge on any atom is -0.330 e. The maximum Gasteiger partial charge on any atom is 0.328 e. The van der Waals surface area contributed by atoms with Crippen LogP contribution < -0.4 is 11.2 Å². The fourth-order valence-corrected chi connectivity index (χ4v) is 5.84. The number of aromatic nitrogens is 4. The molecule has 3 heterocycles. The zero-order valence-electron chi connectivity index (χ0n) is 17.6. The van der Waals surface area contributed by atoms with Crippen molar-refractivity contribution in [2.75, 3.05) is 19.6 Å². The topological polar surface area (TPSA) is 155 Å². The van der Waals surface area contributed by atoms with Crippen LogP contribution in [0.4, 0.5) is 0 Å². The summed E-state index contributed by atoms with van der Waals surface area (Å²) < 4.78 is 27.3. The SMILES string of the molecule is Cc1cn(CC(=O)N2CCN(S(=O)(=O)c3nnc(-c4ccc(Cl)cc4)s3)C(=O)C2)c(=O)[nH]c1=O. The van der Waals surface area contributed by atoms with Crippen molar-refractivity contribution in [1.29, 1.82) is 0 Å². The second-order valence-corrected chi connectivity index (χ2v) is 10.8. The van der Waals surface area contributed by atoms with Gasteiger partial charge in [0.1, 0.15) is 18.1 Å². The van der Waals surface area contributed by atoms with Gasteiger partial charge < -0.3 is 4.90 Å². The van der Waals surface area contributed by atoms with Gasteiger partial charge in [-0.25, -0.2) is 9.10 Å². The molecule has 1 N–H and O–H groups in total. The highest BCUT2D eigenvalue weighted by Crippen LogP contribution is 2.29. The number of aryl methyl sites for hydroxylation is 1. The van der Waals surface area contributed by atoms with Crippen LogP contribution in [0.3, 0.4) is 0 Å². The summed E-state index contributed by atoms with van der Waals surface area (Å²) in [5, 5.41) is 8.50. The summed E-state index contributed by atoms with van der Waals surface area (Å²) in [7, 11) is -4.26. The first-order valence-electron chi connectivity index (χ1n) is 9.79. The Hall–Kier alpha value is -3.36. The zero-order valence-corrected chi connectivity index (χ0v) is 20.0. The molecule has 34 heavy (non-hydrogen) atoms. The van der Waals surface area contributed by atoms with Gasteiger partial charge in [-0.15, -0.1) is 10.2 Å². The zero-order chi connectivity index (χ0) is 24.6. The highest BCUT2D eigenvalue weighted by molar-refractivity contribution is 7.91. The maximum atomic E-state index is 13.0. The Morgan fingerprint density at radius 1 is 1.15 bits per heavy atom. The fourth-order valence-electron chi connectivity index (χ4n) is 3.22. The number of nitrogens with one attached hydrogen (secondary N) is 1. The van der Waals surface area contributed by atoms with Gasteiger partial charge in [0.2, 0.25) is 5.91 Å². The van der Waals surface area contributed by atoms with Gasteiger partial charge >= 0.3 is 5.69 Å². The molecular formula is C19H17ClN6O6S2. The molecule has 1 aromatic carbocycles. The van der Waals surface area contributed by atoms with Gasteiger partial charge in [-0.1, -0.05) is 35.1 Å². The van der Waals surface area contributed by atoms with E-state index in [0.717, 1.165) is 20.8 Å². The Morgan fingerprint density at radius 2 is 1.85 bits per heavy atom. The number of piperazine rings is 1. The number of carbonyl (C=O) groups excluding carboxylic acids is 2. The van der Waals surface area contributed by atoms with Crippen LogP contribution in [0.2, 0.25) is 5.02 Å². The number of aromatic amines is 1. The molecule has 2 amide bonds. The van der Waals surface area contributed by atoms with Gasteiger partial charge in [0.15, 0.2) is 0 Å². The van der Waals surface area contributed by atoms with Crippen LogP contribution in [0.1, 0.15) is 5.56 Å². The van der Waals surface area contributed by atoms with Crippen LogP contribution >= 0.6 is 22.9 Å². The molecule has 1 aliphatic rings. The number of nitrogens with zero attached hydrogens (tertiary/aromatic N) is 5. The lowest BCUT2D eigenvalue weighted by atomic mass is 10.2. The summed E-state index contributed by atoms with van der Waals surface area (Å²) in [6.45, 7) is 0.250. The van der Waals surface area contributed by atoms with E-state index in [2.05, 4.69) is 15.2 Å². The average molecular weight is 525 g/mol. The van der Waals surface area contributed by atoms with Crippen molar-refractivity contribution < 1.29 is 18.0 Å². The Balaban J connectivity index is 1.47. The van der Waals surface area contributed by atoms with Crippen LogP contribution in [-0.4, -0.2) is 68.8 Å². The molecular weight excluding hydrogens is 508 g/mol. The molecule has 4 rings (SSSR count). The predicted molar refractivity (Wildman–Crippen MR) is 122 cm³/mol. The molecule has 0 saturated carbocycles. The minimum absolute atomic E-state index is 0.0657. The summed E-state index contributed by atoms with van der Waals surface area (Å²) >= 11 is 6.68. The number of amides is 2. The molecule has 3 aromatic rings. The average Bonchev–Trinajstić information content (AvgIpc) is 3.29. The number of halogens is 1. The lowest BCUT2D eigenvalue weighted by molar-refractivity contribution is -0.142. The van der Waals surface area contributed by atoms with Gasteiger partial charge in [0.25, 0.3) is 25.8 Å². The van der Waals surface area contributed by atoms with E-state index in [4.69, 9.17) is 11.6 Å². The van der Waals surface area contributed by atoms with Crippen LogP contribution in [0.5, 0.6) is 0 Å². The first-order valence-corrected chi connectivity index (χ1v) is 12.4. The van der Waals surface area contributed by atoms with Crippen LogP contribution in [0.15, 0.2) is 44.4 Å². The third-order valence-corrected chi connectivity index (χ3v) is 8.42. The molecule has 0 aliphatic carbocycles. The lowest BCUT2D eigenvalue weighted by Crippen LogP contribution is -2.54. The molecule has 0 spiro atoms. The molecule has 12 nitrogen and oxygen atoms in total. The summed E-state index contributed by atoms with van der Waals surface area (Å²) in [6.07, 6.45) is 1.25. The standard InChI is InChI=1S/C19H17ClN6O6S2/c1-11-8-25(18(30)21-16(11)29)9-14(27)24-6-7-26(15(28)10-24)34(31,32)19-23-22-17(33-19)12-2-4-13(20)5-3-12/h2-5,8H,6-7,9-10H2,1H3,(H,21,29,30). The molecule has 0 bridgehead atoms.